The van der Waals surface area contributed by atoms with Crippen molar-refractivity contribution in [2.45, 2.75) is 51.2 Å². The van der Waals surface area contributed by atoms with E-state index < -0.39 is 0 Å². The van der Waals surface area contributed by atoms with E-state index in [0.29, 0.717) is 66.5 Å². The number of nitrogens with zero attached hydrogens (tertiary/aromatic N) is 4. The SMILES string of the molecule is CCCn1c(=O)c2[nH]c(-c3ccc(OCC(=O)NCCNC(=O)CCSSc4ccccn4)cc3)nc2n(CCC)c1=O. The molecule has 0 unspecified atom stereocenters. The third kappa shape index (κ3) is 8.74. The van der Waals surface area contributed by atoms with Crippen LogP contribution in [0.2, 0.25) is 0 Å². The zero-order chi connectivity index (χ0) is 30.6. The molecule has 4 aromatic rings. The van der Waals surface area contributed by atoms with Crippen LogP contribution in [0.3, 0.4) is 0 Å². The van der Waals surface area contributed by atoms with E-state index in [-0.39, 0.29) is 36.2 Å². The topological polar surface area (TPSA) is 153 Å². The van der Waals surface area contributed by atoms with Gasteiger partial charge in [-0.05, 0) is 60.0 Å². The first-order valence-corrected chi connectivity index (χ1v) is 16.4. The van der Waals surface area contributed by atoms with Crippen molar-refractivity contribution in [2.75, 3.05) is 25.4 Å². The van der Waals surface area contributed by atoms with Crippen LogP contribution in [0.5, 0.6) is 5.75 Å². The predicted octanol–water partition coefficient (Wildman–Crippen LogP) is 3.21. The van der Waals surface area contributed by atoms with Gasteiger partial charge in [-0.1, -0.05) is 30.7 Å². The lowest BCUT2D eigenvalue weighted by Crippen LogP contribution is -2.40. The Bertz CT molecular complexity index is 1640. The molecule has 0 aliphatic carbocycles. The van der Waals surface area contributed by atoms with E-state index in [2.05, 4.69) is 25.6 Å². The molecule has 0 aliphatic rings. The second-order valence-corrected chi connectivity index (χ2v) is 11.9. The second kappa shape index (κ2) is 16.0. The highest BCUT2D eigenvalue weighted by atomic mass is 33.1. The molecular weight excluding hydrogens is 590 g/mol. The molecule has 1 aromatic carbocycles. The number of imidazole rings is 1. The van der Waals surface area contributed by atoms with Gasteiger partial charge < -0.3 is 20.4 Å². The summed E-state index contributed by atoms with van der Waals surface area (Å²) in [7, 11) is 3.09. The highest BCUT2D eigenvalue weighted by molar-refractivity contribution is 8.76. The van der Waals surface area contributed by atoms with E-state index in [1.165, 1.54) is 19.9 Å². The number of aromatic nitrogens is 5. The molecule has 3 N–H and O–H groups in total. The van der Waals surface area contributed by atoms with Crippen LogP contribution >= 0.6 is 21.6 Å². The van der Waals surface area contributed by atoms with Crippen molar-refractivity contribution in [3.05, 3.63) is 69.5 Å². The first kappa shape index (κ1) is 31.9. The number of amides is 2. The molecule has 0 fully saturated rings. The van der Waals surface area contributed by atoms with Crippen LogP contribution in [0.15, 0.2) is 63.3 Å². The highest BCUT2D eigenvalue weighted by Gasteiger charge is 2.17. The molecule has 14 heteroatoms. The zero-order valence-electron chi connectivity index (χ0n) is 24.1. The number of ether oxygens (including phenoxy) is 1. The number of benzene rings is 1. The summed E-state index contributed by atoms with van der Waals surface area (Å²) in [6, 6.07) is 12.6. The van der Waals surface area contributed by atoms with Gasteiger partial charge in [0.1, 0.15) is 22.1 Å². The monoisotopic (exact) mass is 625 g/mol. The molecule has 4 rings (SSSR count). The summed E-state index contributed by atoms with van der Waals surface area (Å²) in [6.07, 6.45) is 3.50. The molecule has 0 saturated carbocycles. The minimum Gasteiger partial charge on any atom is -0.484 e. The Hall–Kier alpha value is -4.04. The van der Waals surface area contributed by atoms with Gasteiger partial charge in [0.15, 0.2) is 12.3 Å². The lowest BCUT2D eigenvalue weighted by atomic mass is 10.2. The van der Waals surface area contributed by atoms with Crippen molar-refractivity contribution in [1.29, 1.82) is 0 Å². The molecule has 0 radical (unpaired) electrons. The van der Waals surface area contributed by atoms with Crippen molar-refractivity contribution < 1.29 is 14.3 Å². The standard InChI is InChI=1S/C29H35N7O5S2/c1-3-16-35-27-25(28(39)36(17-4-2)29(35)40)33-26(34-27)20-8-10-21(11-9-20)41-19-23(38)31-15-14-30-22(37)12-18-42-43-24-7-5-6-13-32-24/h5-11,13H,3-4,12,14-19H2,1-2H3,(H,30,37)(H,31,38)(H,33,34). The van der Waals surface area contributed by atoms with E-state index in [4.69, 9.17) is 4.74 Å². The fraction of sp³-hybridized carbons (Fsp3) is 0.379. The Morgan fingerprint density at radius 2 is 1.67 bits per heavy atom. The number of rotatable bonds is 16. The van der Waals surface area contributed by atoms with Crippen molar-refractivity contribution in [3.63, 3.8) is 0 Å². The van der Waals surface area contributed by atoms with Crippen LogP contribution in [-0.2, 0) is 22.7 Å². The lowest BCUT2D eigenvalue weighted by molar-refractivity contribution is -0.124. The normalized spacial score (nSPS) is 11.0. The van der Waals surface area contributed by atoms with E-state index >= 15 is 0 Å². The maximum absolute atomic E-state index is 13.0. The molecule has 0 atom stereocenters. The van der Waals surface area contributed by atoms with Crippen molar-refractivity contribution in [3.8, 4) is 17.1 Å². The van der Waals surface area contributed by atoms with E-state index in [1.54, 1.807) is 41.3 Å². The van der Waals surface area contributed by atoms with Gasteiger partial charge >= 0.3 is 5.69 Å². The maximum Gasteiger partial charge on any atom is 0.332 e. The summed E-state index contributed by atoms with van der Waals surface area (Å²) in [5.74, 6) is 1.21. The van der Waals surface area contributed by atoms with E-state index in [1.807, 2.05) is 32.0 Å². The quantitative estimate of drug-likeness (QED) is 0.126. The number of hydrogen-bond donors (Lipinski definition) is 3. The molecule has 3 aromatic heterocycles. The molecule has 12 nitrogen and oxygen atoms in total. The average molecular weight is 626 g/mol. The van der Waals surface area contributed by atoms with E-state index in [9.17, 15) is 19.2 Å². The van der Waals surface area contributed by atoms with Gasteiger partial charge in [0, 0.05) is 50.1 Å². The van der Waals surface area contributed by atoms with Crippen LogP contribution < -0.4 is 26.6 Å². The molecule has 0 spiro atoms. The van der Waals surface area contributed by atoms with Crippen LogP contribution in [-0.4, -0.2) is 61.3 Å². The number of aromatic amines is 1. The minimum atomic E-state index is -0.381. The Morgan fingerprint density at radius 1 is 0.953 bits per heavy atom. The van der Waals surface area contributed by atoms with Crippen molar-refractivity contribution >= 4 is 44.6 Å². The predicted molar refractivity (Wildman–Crippen MR) is 169 cm³/mol. The Balaban J connectivity index is 1.22. The summed E-state index contributed by atoms with van der Waals surface area (Å²) in [5.41, 5.74) is 0.603. The van der Waals surface area contributed by atoms with Gasteiger partial charge in [-0.15, -0.1) is 0 Å². The van der Waals surface area contributed by atoms with Crippen LogP contribution in [0.1, 0.15) is 33.1 Å². The summed E-state index contributed by atoms with van der Waals surface area (Å²) < 4.78 is 8.38. The van der Waals surface area contributed by atoms with Gasteiger partial charge in [0.25, 0.3) is 11.5 Å². The van der Waals surface area contributed by atoms with Gasteiger partial charge in [-0.25, -0.2) is 14.8 Å². The maximum atomic E-state index is 13.0. The molecule has 0 aliphatic heterocycles. The largest absolute Gasteiger partial charge is 0.484 e. The zero-order valence-corrected chi connectivity index (χ0v) is 25.8. The van der Waals surface area contributed by atoms with E-state index in [0.717, 1.165) is 11.4 Å². The second-order valence-electron chi connectivity index (χ2n) is 9.51. The number of carbonyl (C=O) groups excluding carboxylic acids is 2. The van der Waals surface area contributed by atoms with Gasteiger partial charge in [-0.2, -0.15) is 0 Å². The van der Waals surface area contributed by atoms with Crippen molar-refractivity contribution in [2.24, 2.45) is 0 Å². The van der Waals surface area contributed by atoms with Crippen molar-refractivity contribution in [1.82, 2.24) is 34.7 Å². The molecule has 2 amide bonds. The molecule has 228 valence electrons. The fourth-order valence-corrected chi connectivity index (χ4v) is 6.05. The smallest absolute Gasteiger partial charge is 0.332 e. The molecule has 3 heterocycles. The molecule has 0 bridgehead atoms. The Kier molecular flexibility index (Phi) is 11.9. The van der Waals surface area contributed by atoms with Gasteiger partial charge in [0.2, 0.25) is 5.91 Å². The lowest BCUT2D eigenvalue weighted by Gasteiger charge is -2.09. The Morgan fingerprint density at radius 3 is 2.37 bits per heavy atom. The number of pyridine rings is 1. The van der Waals surface area contributed by atoms with Crippen LogP contribution in [0.25, 0.3) is 22.6 Å². The summed E-state index contributed by atoms with van der Waals surface area (Å²) in [4.78, 5) is 61.9. The van der Waals surface area contributed by atoms with Gasteiger partial charge in [-0.3, -0.25) is 23.5 Å². The number of carbonyl (C=O) groups is 2. The third-order valence-corrected chi connectivity index (χ3v) is 8.48. The molecule has 0 saturated heterocycles. The molecule has 43 heavy (non-hydrogen) atoms. The van der Waals surface area contributed by atoms with Crippen LogP contribution in [0.4, 0.5) is 0 Å². The Labute approximate surface area is 256 Å². The number of hydrogen-bond acceptors (Lipinski definition) is 9. The minimum absolute atomic E-state index is 0.0792. The number of H-pyrrole nitrogens is 1. The fourth-order valence-electron chi connectivity index (χ4n) is 4.18. The third-order valence-electron chi connectivity index (χ3n) is 6.22. The first-order chi connectivity index (χ1) is 20.9. The highest BCUT2D eigenvalue weighted by Crippen LogP contribution is 2.29. The van der Waals surface area contributed by atoms with Gasteiger partial charge in [0.05, 0.1) is 0 Å². The molecular formula is C29H35N7O5S2. The number of aryl methyl sites for hydroxylation is 1. The number of fused-ring (bicyclic) bond motifs is 1. The summed E-state index contributed by atoms with van der Waals surface area (Å²) in [6.45, 7) is 5.11. The van der Waals surface area contributed by atoms with Crippen LogP contribution in [0, 0.1) is 0 Å². The first-order valence-electron chi connectivity index (χ1n) is 14.1. The summed E-state index contributed by atoms with van der Waals surface area (Å²) >= 11 is 0. The average Bonchev–Trinajstić information content (AvgIpc) is 3.47. The summed E-state index contributed by atoms with van der Waals surface area (Å²) in [5, 5.41) is 6.41. The number of nitrogens with one attached hydrogen (secondary N) is 3.